The van der Waals surface area contributed by atoms with Crippen molar-refractivity contribution in [1.82, 2.24) is 15.1 Å². The molecule has 0 aromatic carbocycles. The molecule has 0 bridgehead atoms. The standard InChI is InChI=1S/C14H21N3O3S/c1-11(15-13(19)12-3-2-10-21-12)14(20)17-6-4-16(5-7-17)8-9-18/h2-3,10-11,18H,4-9H2,1H3,(H,15,19). The highest BCUT2D eigenvalue weighted by Gasteiger charge is 2.25. The topological polar surface area (TPSA) is 72.9 Å². The average molecular weight is 311 g/mol. The number of hydrogen-bond acceptors (Lipinski definition) is 5. The van der Waals surface area contributed by atoms with Crippen molar-refractivity contribution in [1.29, 1.82) is 0 Å². The van der Waals surface area contributed by atoms with Crippen molar-refractivity contribution in [3.05, 3.63) is 22.4 Å². The normalized spacial score (nSPS) is 17.5. The molecule has 1 aromatic rings. The van der Waals surface area contributed by atoms with Gasteiger partial charge in [-0.2, -0.15) is 0 Å². The molecule has 21 heavy (non-hydrogen) atoms. The Morgan fingerprint density at radius 1 is 1.38 bits per heavy atom. The van der Waals surface area contributed by atoms with Crippen LogP contribution in [0, 0.1) is 0 Å². The summed E-state index contributed by atoms with van der Waals surface area (Å²) in [6.07, 6.45) is 0. The first-order valence-corrected chi connectivity index (χ1v) is 7.96. The minimum atomic E-state index is -0.524. The van der Waals surface area contributed by atoms with E-state index in [1.165, 1.54) is 11.3 Å². The van der Waals surface area contributed by atoms with E-state index in [2.05, 4.69) is 10.2 Å². The van der Waals surface area contributed by atoms with Crippen molar-refractivity contribution in [2.45, 2.75) is 13.0 Å². The molecule has 0 aliphatic carbocycles. The van der Waals surface area contributed by atoms with Crippen LogP contribution in [0.1, 0.15) is 16.6 Å². The summed E-state index contributed by atoms with van der Waals surface area (Å²) in [6, 6.07) is 3.03. The van der Waals surface area contributed by atoms with E-state index >= 15 is 0 Å². The molecule has 0 saturated carbocycles. The van der Waals surface area contributed by atoms with Gasteiger partial charge in [0.15, 0.2) is 0 Å². The van der Waals surface area contributed by atoms with Crippen molar-refractivity contribution in [2.24, 2.45) is 0 Å². The van der Waals surface area contributed by atoms with E-state index in [4.69, 9.17) is 5.11 Å². The lowest BCUT2D eigenvalue weighted by molar-refractivity contribution is -0.134. The zero-order chi connectivity index (χ0) is 15.2. The number of piperazine rings is 1. The second-order valence-corrected chi connectivity index (χ2v) is 6.01. The van der Waals surface area contributed by atoms with Crippen molar-refractivity contribution in [3.63, 3.8) is 0 Å². The summed E-state index contributed by atoms with van der Waals surface area (Å²) in [7, 11) is 0. The zero-order valence-corrected chi connectivity index (χ0v) is 12.9. The van der Waals surface area contributed by atoms with Crippen LogP contribution in [-0.4, -0.2) is 72.1 Å². The van der Waals surface area contributed by atoms with Gasteiger partial charge in [-0.1, -0.05) is 6.07 Å². The van der Waals surface area contributed by atoms with Crippen LogP contribution in [0.2, 0.25) is 0 Å². The number of carbonyl (C=O) groups is 2. The molecular weight excluding hydrogens is 290 g/mol. The Balaban J connectivity index is 1.81. The molecule has 2 rings (SSSR count). The largest absolute Gasteiger partial charge is 0.395 e. The van der Waals surface area contributed by atoms with Gasteiger partial charge in [0.2, 0.25) is 5.91 Å². The summed E-state index contributed by atoms with van der Waals surface area (Å²) in [6.45, 7) is 5.30. The molecule has 1 atom stereocenters. The third-order valence-corrected chi connectivity index (χ3v) is 4.43. The van der Waals surface area contributed by atoms with Gasteiger partial charge in [-0.3, -0.25) is 14.5 Å². The van der Waals surface area contributed by atoms with Gasteiger partial charge in [-0.05, 0) is 18.4 Å². The minimum Gasteiger partial charge on any atom is -0.395 e. The summed E-state index contributed by atoms with van der Waals surface area (Å²) in [4.78, 5) is 28.8. The lowest BCUT2D eigenvalue weighted by Crippen LogP contribution is -2.54. The van der Waals surface area contributed by atoms with Crippen molar-refractivity contribution < 1.29 is 14.7 Å². The molecule has 1 aliphatic rings. The van der Waals surface area contributed by atoms with Gasteiger partial charge in [0.25, 0.3) is 5.91 Å². The van der Waals surface area contributed by atoms with E-state index in [1.807, 2.05) is 11.4 Å². The number of amides is 2. The fraction of sp³-hybridized carbons (Fsp3) is 0.571. The summed E-state index contributed by atoms with van der Waals surface area (Å²) < 4.78 is 0. The molecule has 1 aromatic heterocycles. The van der Waals surface area contributed by atoms with E-state index in [9.17, 15) is 9.59 Å². The molecule has 1 unspecified atom stereocenters. The summed E-state index contributed by atoms with van der Waals surface area (Å²) >= 11 is 1.36. The first kappa shape index (κ1) is 15.9. The van der Waals surface area contributed by atoms with Crippen molar-refractivity contribution >= 4 is 23.2 Å². The molecule has 1 fully saturated rings. The summed E-state index contributed by atoms with van der Waals surface area (Å²) in [5.74, 6) is -0.256. The summed E-state index contributed by atoms with van der Waals surface area (Å²) in [5, 5.41) is 13.5. The number of rotatable bonds is 5. The van der Waals surface area contributed by atoms with Crippen LogP contribution in [0.3, 0.4) is 0 Å². The highest BCUT2D eigenvalue weighted by molar-refractivity contribution is 7.12. The molecule has 2 N–H and O–H groups in total. The van der Waals surface area contributed by atoms with Gasteiger partial charge in [0.1, 0.15) is 6.04 Å². The van der Waals surface area contributed by atoms with E-state index in [1.54, 1.807) is 17.9 Å². The molecule has 116 valence electrons. The average Bonchev–Trinajstić information content (AvgIpc) is 3.02. The molecule has 2 heterocycles. The summed E-state index contributed by atoms with van der Waals surface area (Å²) in [5.41, 5.74) is 0. The third kappa shape index (κ3) is 4.26. The molecule has 0 radical (unpaired) electrons. The predicted octanol–water partition coefficient (Wildman–Crippen LogP) is 0.00290. The number of thiophene rings is 1. The van der Waals surface area contributed by atoms with Gasteiger partial charge < -0.3 is 15.3 Å². The monoisotopic (exact) mass is 311 g/mol. The molecular formula is C14H21N3O3S. The van der Waals surface area contributed by atoms with Gasteiger partial charge in [-0.25, -0.2) is 0 Å². The molecule has 1 aliphatic heterocycles. The Bertz CT molecular complexity index is 470. The maximum Gasteiger partial charge on any atom is 0.261 e. The molecule has 2 amide bonds. The second kappa shape index (κ2) is 7.53. The third-order valence-electron chi connectivity index (χ3n) is 3.56. The fourth-order valence-corrected chi connectivity index (χ4v) is 2.97. The maximum absolute atomic E-state index is 12.3. The molecule has 0 spiro atoms. The predicted molar refractivity (Wildman–Crippen MR) is 81.4 cm³/mol. The van der Waals surface area contributed by atoms with E-state index in [0.717, 1.165) is 13.1 Å². The molecule has 6 nitrogen and oxygen atoms in total. The van der Waals surface area contributed by atoms with Gasteiger partial charge in [-0.15, -0.1) is 11.3 Å². The fourth-order valence-electron chi connectivity index (χ4n) is 2.34. The van der Waals surface area contributed by atoms with Crippen LogP contribution in [0.5, 0.6) is 0 Å². The van der Waals surface area contributed by atoms with Crippen molar-refractivity contribution in [3.8, 4) is 0 Å². The van der Waals surface area contributed by atoms with E-state index < -0.39 is 6.04 Å². The van der Waals surface area contributed by atoms with Gasteiger partial charge in [0, 0.05) is 32.7 Å². The number of hydrogen-bond donors (Lipinski definition) is 2. The Morgan fingerprint density at radius 3 is 2.67 bits per heavy atom. The van der Waals surface area contributed by atoms with Crippen LogP contribution in [0.25, 0.3) is 0 Å². The first-order valence-electron chi connectivity index (χ1n) is 7.08. The van der Waals surface area contributed by atoms with E-state index in [-0.39, 0.29) is 18.4 Å². The number of aliphatic hydroxyl groups is 1. The van der Waals surface area contributed by atoms with Crippen LogP contribution in [0.15, 0.2) is 17.5 Å². The molecule has 7 heteroatoms. The Hall–Kier alpha value is -1.44. The lowest BCUT2D eigenvalue weighted by atomic mass is 10.2. The molecule has 1 saturated heterocycles. The van der Waals surface area contributed by atoms with Crippen LogP contribution in [-0.2, 0) is 4.79 Å². The second-order valence-electron chi connectivity index (χ2n) is 5.06. The Kier molecular flexibility index (Phi) is 5.72. The smallest absolute Gasteiger partial charge is 0.261 e. The van der Waals surface area contributed by atoms with Crippen LogP contribution >= 0.6 is 11.3 Å². The van der Waals surface area contributed by atoms with Crippen molar-refractivity contribution in [2.75, 3.05) is 39.3 Å². The van der Waals surface area contributed by atoms with Crippen LogP contribution in [0.4, 0.5) is 0 Å². The van der Waals surface area contributed by atoms with Gasteiger partial charge in [0.05, 0.1) is 11.5 Å². The van der Waals surface area contributed by atoms with Crippen LogP contribution < -0.4 is 5.32 Å². The highest BCUT2D eigenvalue weighted by Crippen LogP contribution is 2.09. The van der Waals surface area contributed by atoms with Gasteiger partial charge >= 0.3 is 0 Å². The number of carbonyl (C=O) groups excluding carboxylic acids is 2. The number of β-amino-alcohol motifs (C(OH)–C–C–N with tert-alkyl or cyclic N) is 1. The minimum absolute atomic E-state index is 0.0523. The number of aliphatic hydroxyl groups excluding tert-OH is 1. The lowest BCUT2D eigenvalue weighted by Gasteiger charge is -2.35. The number of nitrogens with one attached hydrogen (secondary N) is 1. The quantitative estimate of drug-likeness (QED) is 0.803. The zero-order valence-electron chi connectivity index (χ0n) is 12.1. The maximum atomic E-state index is 12.3. The first-order chi connectivity index (χ1) is 10.1. The highest BCUT2D eigenvalue weighted by atomic mass is 32.1. The Labute approximate surface area is 128 Å². The van der Waals surface area contributed by atoms with E-state index in [0.29, 0.717) is 24.5 Å². The number of nitrogens with zero attached hydrogens (tertiary/aromatic N) is 2. The Morgan fingerprint density at radius 2 is 2.10 bits per heavy atom. The SMILES string of the molecule is CC(NC(=O)c1cccs1)C(=O)N1CCN(CCO)CC1.